The summed E-state index contributed by atoms with van der Waals surface area (Å²) in [5, 5.41) is 19.8. The normalized spacial score (nSPS) is 10.7. The van der Waals surface area contributed by atoms with Crippen LogP contribution in [0.3, 0.4) is 0 Å². The first kappa shape index (κ1) is 15.0. The highest BCUT2D eigenvalue weighted by Gasteiger charge is 2.20. The van der Waals surface area contributed by atoms with E-state index < -0.39 is 10.9 Å². The topological polar surface area (TPSA) is 96.6 Å². The highest BCUT2D eigenvalue weighted by Crippen LogP contribution is 2.24. The van der Waals surface area contributed by atoms with Crippen LogP contribution in [-0.4, -0.2) is 39.0 Å². The molecular weight excluding hydrogens is 250 g/mol. The zero-order valence-electron chi connectivity index (χ0n) is 11.2. The van der Waals surface area contributed by atoms with Gasteiger partial charge in [0, 0.05) is 23.9 Å². The van der Waals surface area contributed by atoms with E-state index >= 15 is 0 Å². The predicted molar refractivity (Wildman–Crippen MR) is 69.0 cm³/mol. The lowest BCUT2D eigenvalue weighted by atomic mass is 10.1. The summed E-state index contributed by atoms with van der Waals surface area (Å²) in [6.07, 6.45) is 1.45. The average Bonchev–Trinajstić information content (AvgIpc) is 2.30. The SMILES string of the molecule is CCN(CC(=O)O)Cc1ncc(C)c([N+](=O)[O-])c1C. The molecule has 7 heteroatoms. The Morgan fingerprint density at radius 3 is 2.63 bits per heavy atom. The Hall–Kier alpha value is -2.02. The van der Waals surface area contributed by atoms with Crippen LogP contribution in [0.1, 0.15) is 23.7 Å². The largest absolute Gasteiger partial charge is 0.480 e. The van der Waals surface area contributed by atoms with Crippen LogP contribution in [0.2, 0.25) is 0 Å². The molecule has 104 valence electrons. The minimum absolute atomic E-state index is 0.0522. The van der Waals surface area contributed by atoms with E-state index in [0.29, 0.717) is 23.4 Å². The lowest BCUT2D eigenvalue weighted by Crippen LogP contribution is -2.29. The van der Waals surface area contributed by atoms with Crippen molar-refractivity contribution in [2.24, 2.45) is 0 Å². The third kappa shape index (κ3) is 3.72. The van der Waals surface area contributed by atoms with E-state index in [1.807, 2.05) is 6.92 Å². The molecule has 0 radical (unpaired) electrons. The molecule has 0 aromatic carbocycles. The van der Waals surface area contributed by atoms with Gasteiger partial charge in [0.05, 0.1) is 17.2 Å². The molecule has 0 bridgehead atoms. The van der Waals surface area contributed by atoms with Crippen molar-refractivity contribution in [1.82, 2.24) is 9.88 Å². The maximum atomic E-state index is 11.0. The first-order valence-electron chi connectivity index (χ1n) is 5.90. The zero-order chi connectivity index (χ0) is 14.6. The minimum Gasteiger partial charge on any atom is -0.480 e. The van der Waals surface area contributed by atoms with E-state index in [-0.39, 0.29) is 18.8 Å². The Bertz CT molecular complexity index is 502. The summed E-state index contributed by atoms with van der Waals surface area (Å²) in [6.45, 7) is 5.82. The third-order valence-electron chi connectivity index (χ3n) is 2.94. The van der Waals surface area contributed by atoms with E-state index in [0.717, 1.165) is 0 Å². The smallest absolute Gasteiger partial charge is 0.317 e. The van der Waals surface area contributed by atoms with Crippen LogP contribution in [0.25, 0.3) is 0 Å². The highest BCUT2D eigenvalue weighted by atomic mass is 16.6. The number of carbonyl (C=O) groups is 1. The van der Waals surface area contributed by atoms with Crippen LogP contribution >= 0.6 is 0 Å². The number of hydrogen-bond acceptors (Lipinski definition) is 5. The maximum absolute atomic E-state index is 11.0. The zero-order valence-corrected chi connectivity index (χ0v) is 11.2. The molecule has 1 heterocycles. The van der Waals surface area contributed by atoms with E-state index in [4.69, 9.17) is 5.11 Å². The van der Waals surface area contributed by atoms with Crippen LogP contribution in [0, 0.1) is 24.0 Å². The number of aryl methyl sites for hydroxylation is 1. The number of pyridine rings is 1. The van der Waals surface area contributed by atoms with Crippen molar-refractivity contribution in [2.75, 3.05) is 13.1 Å². The van der Waals surface area contributed by atoms with Crippen molar-refractivity contribution >= 4 is 11.7 Å². The van der Waals surface area contributed by atoms with E-state index in [9.17, 15) is 14.9 Å². The van der Waals surface area contributed by atoms with Gasteiger partial charge in [-0.05, 0) is 20.4 Å². The number of aromatic nitrogens is 1. The maximum Gasteiger partial charge on any atom is 0.317 e. The Balaban J connectivity index is 3.05. The molecule has 0 unspecified atom stereocenters. The summed E-state index contributed by atoms with van der Waals surface area (Å²) in [6, 6.07) is 0. The van der Waals surface area contributed by atoms with Crippen LogP contribution in [0.5, 0.6) is 0 Å². The Labute approximate surface area is 111 Å². The molecule has 0 aliphatic heterocycles. The average molecular weight is 267 g/mol. The molecule has 1 rings (SSSR count). The molecular formula is C12H17N3O4. The lowest BCUT2D eigenvalue weighted by molar-refractivity contribution is -0.386. The standard InChI is InChI=1S/C12H17N3O4/c1-4-14(7-11(16)17)6-10-9(3)12(15(18)19)8(2)5-13-10/h5H,4,6-7H2,1-3H3,(H,16,17). The summed E-state index contributed by atoms with van der Waals surface area (Å²) in [5.41, 5.74) is 1.60. The molecule has 0 atom stereocenters. The Morgan fingerprint density at radius 1 is 1.53 bits per heavy atom. The molecule has 0 spiro atoms. The van der Waals surface area contributed by atoms with Gasteiger partial charge in [0.25, 0.3) is 5.69 Å². The molecule has 1 aromatic rings. The summed E-state index contributed by atoms with van der Waals surface area (Å²) in [7, 11) is 0. The molecule has 19 heavy (non-hydrogen) atoms. The second-order valence-corrected chi connectivity index (χ2v) is 4.32. The van der Waals surface area contributed by atoms with Gasteiger partial charge in [-0.1, -0.05) is 6.92 Å². The molecule has 0 amide bonds. The molecule has 0 aliphatic carbocycles. The Kier molecular flexibility index (Phi) is 4.94. The van der Waals surface area contributed by atoms with Crippen molar-refractivity contribution in [1.29, 1.82) is 0 Å². The molecule has 0 saturated carbocycles. The summed E-state index contributed by atoms with van der Waals surface area (Å²) < 4.78 is 0. The number of rotatable bonds is 6. The lowest BCUT2D eigenvalue weighted by Gasteiger charge is -2.18. The van der Waals surface area contributed by atoms with Gasteiger partial charge in [-0.2, -0.15) is 0 Å². The van der Waals surface area contributed by atoms with Crippen molar-refractivity contribution in [3.63, 3.8) is 0 Å². The Morgan fingerprint density at radius 2 is 2.16 bits per heavy atom. The van der Waals surface area contributed by atoms with Gasteiger partial charge >= 0.3 is 5.97 Å². The van der Waals surface area contributed by atoms with Crippen molar-refractivity contribution in [3.8, 4) is 0 Å². The first-order valence-corrected chi connectivity index (χ1v) is 5.90. The number of hydrogen-bond donors (Lipinski definition) is 1. The van der Waals surface area contributed by atoms with E-state index in [1.54, 1.807) is 18.7 Å². The molecule has 7 nitrogen and oxygen atoms in total. The molecule has 1 N–H and O–H groups in total. The highest BCUT2D eigenvalue weighted by molar-refractivity contribution is 5.69. The molecule has 0 aliphatic rings. The summed E-state index contributed by atoms with van der Waals surface area (Å²) >= 11 is 0. The van der Waals surface area contributed by atoms with Crippen LogP contribution in [0.4, 0.5) is 5.69 Å². The van der Waals surface area contributed by atoms with Gasteiger partial charge in [-0.3, -0.25) is 24.8 Å². The minimum atomic E-state index is -0.930. The number of carboxylic acids is 1. The number of nitro groups is 1. The fourth-order valence-electron chi connectivity index (χ4n) is 1.89. The van der Waals surface area contributed by atoms with Gasteiger partial charge in [-0.25, -0.2) is 0 Å². The fraction of sp³-hybridized carbons (Fsp3) is 0.500. The van der Waals surface area contributed by atoms with Gasteiger partial charge in [-0.15, -0.1) is 0 Å². The molecule has 0 saturated heterocycles. The fourth-order valence-corrected chi connectivity index (χ4v) is 1.89. The van der Waals surface area contributed by atoms with Crippen molar-refractivity contribution in [3.05, 3.63) is 33.1 Å². The van der Waals surface area contributed by atoms with Gasteiger partial charge in [0.1, 0.15) is 0 Å². The van der Waals surface area contributed by atoms with Gasteiger partial charge in [0.2, 0.25) is 0 Å². The quantitative estimate of drug-likeness (QED) is 0.620. The number of nitrogens with zero attached hydrogens (tertiary/aromatic N) is 3. The van der Waals surface area contributed by atoms with Crippen molar-refractivity contribution in [2.45, 2.75) is 27.3 Å². The summed E-state index contributed by atoms with van der Waals surface area (Å²) in [5.74, 6) is -0.930. The number of carboxylic acid groups (broad SMARTS) is 1. The number of aliphatic carboxylic acids is 1. The first-order chi connectivity index (χ1) is 8.86. The molecule has 0 fully saturated rings. The van der Waals surface area contributed by atoms with Crippen molar-refractivity contribution < 1.29 is 14.8 Å². The number of likely N-dealkylation sites (N-methyl/N-ethyl adjacent to an activating group) is 1. The van der Waals surface area contributed by atoms with Gasteiger partial charge < -0.3 is 5.11 Å². The molecule has 1 aromatic heterocycles. The van der Waals surface area contributed by atoms with E-state index in [1.165, 1.54) is 6.20 Å². The van der Waals surface area contributed by atoms with Crippen LogP contribution < -0.4 is 0 Å². The van der Waals surface area contributed by atoms with Crippen LogP contribution in [0.15, 0.2) is 6.20 Å². The van der Waals surface area contributed by atoms with Crippen LogP contribution in [-0.2, 0) is 11.3 Å². The summed E-state index contributed by atoms with van der Waals surface area (Å²) in [4.78, 5) is 27.1. The predicted octanol–water partition coefficient (Wildman–Crippen LogP) is 1.51. The third-order valence-corrected chi connectivity index (χ3v) is 2.94. The second kappa shape index (κ2) is 6.24. The van der Waals surface area contributed by atoms with E-state index in [2.05, 4.69) is 4.98 Å². The second-order valence-electron chi connectivity index (χ2n) is 4.32. The van der Waals surface area contributed by atoms with Gasteiger partial charge in [0.15, 0.2) is 0 Å². The monoisotopic (exact) mass is 267 g/mol.